The molecule has 0 unspecified atom stereocenters. The number of sulfonamides is 1. The van der Waals surface area contributed by atoms with Gasteiger partial charge in [0.2, 0.25) is 10.0 Å². The molecular formula is C15H22N4O3S2. The van der Waals surface area contributed by atoms with E-state index in [0.717, 1.165) is 37.7 Å². The predicted octanol–water partition coefficient (Wildman–Crippen LogP) is 0.0436. The van der Waals surface area contributed by atoms with Gasteiger partial charge in [-0.05, 0) is 17.9 Å². The van der Waals surface area contributed by atoms with Gasteiger partial charge in [-0.15, -0.1) is 0 Å². The maximum atomic E-state index is 12.7. The van der Waals surface area contributed by atoms with Crippen molar-refractivity contribution in [2.24, 2.45) is 11.8 Å². The van der Waals surface area contributed by atoms with Crippen LogP contribution in [0.4, 0.5) is 0 Å². The van der Waals surface area contributed by atoms with E-state index in [1.54, 1.807) is 11.8 Å². The number of rotatable bonds is 3. The fraction of sp³-hybridized carbons (Fsp3) is 0.667. The van der Waals surface area contributed by atoms with Crippen molar-refractivity contribution in [3.63, 3.8) is 0 Å². The molecule has 0 radical (unpaired) electrons. The Bertz CT molecular complexity index is 715. The summed E-state index contributed by atoms with van der Waals surface area (Å²) in [5.74, 6) is 2.59. The van der Waals surface area contributed by atoms with Crippen LogP contribution in [-0.4, -0.2) is 79.3 Å². The zero-order chi connectivity index (χ0) is 16.7. The summed E-state index contributed by atoms with van der Waals surface area (Å²) in [6, 6.07) is 1.49. The van der Waals surface area contributed by atoms with Gasteiger partial charge in [-0.2, -0.15) is 16.1 Å². The third-order valence-corrected chi connectivity index (χ3v) is 7.99. The third-order valence-electron chi connectivity index (χ3n) is 5.17. The number of fused-ring (bicyclic) bond motifs is 1. The van der Waals surface area contributed by atoms with E-state index >= 15 is 0 Å². The van der Waals surface area contributed by atoms with Gasteiger partial charge in [0.1, 0.15) is 10.6 Å². The van der Waals surface area contributed by atoms with Crippen molar-refractivity contribution in [1.29, 1.82) is 0 Å². The van der Waals surface area contributed by atoms with Crippen molar-refractivity contribution >= 4 is 27.7 Å². The second-order valence-electron chi connectivity index (χ2n) is 6.65. The Hall–Kier alpha value is -1.03. The molecule has 0 spiro atoms. The summed E-state index contributed by atoms with van der Waals surface area (Å²) in [5, 5.41) is 3.35. The summed E-state index contributed by atoms with van der Waals surface area (Å²) in [7, 11) is -3.51. The Kier molecular flexibility index (Phi) is 4.36. The smallest absolute Gasteiger partial charge is 0.270 e. The van der Waals surface area contributed by atoms with Gasteiger partial charge in [-0.1, -0.05) is 0 Å². The van der Waals surface area contributed by atoms with Gasteiger partial charge in [0.25, 0.3) is 5.91 Å². The molecule has 3 saturated heterocycles. The summed E-state index contributed by atoms with van der Waals surface area (Å²) in [4.78, 5) is 17.6. The fourth-order valence-electron chi connectivity index (χ4n) is 3.77. The average Bonchev–Trinajstić information content (AvgIpc) is 3.30. The van der Waals surface area contributed by atoms with Gasteiger partial charge < -0.3 is 15.2 Å². The highest BCUT2D eigenvalue weighted by atomic mass is 32.2. The lowest BCUT2D eigenvalue weighted by atomic mass is 10.0. The van der Waals surface area contributed by atoms with E-state index in [-0.39, 0.29) is 10.8 Å². The van der Waals surface area contributed by atoms with Crippen LogP contribution in [0.2, 0.25) is 0 Å². The molecule has 1 aromatic heterocycles. The molecule has 7 nitrogen and oxygen atoms in total. The van der Waals surface area contributed by atoms with E-state index in [4.69, 9.17) is 0 Å². The number of hydrogen-bond acceptors (Lipinski definition) is 5. The Labute approximate surface area is 146 Å². The number of nitrogens with one attached hydrogen (secondary N) is 2. The van der Waals surface area contributed by atoms with Crippen LogP contribution in [0.1, 0.15) is 10.5 Å². The minimum absolute atomic E-state index is 0.0972. The van der Waals surface area contributed by atoms with Crippen LogP contribution in [0, 0.1) is 11.8 Å². The highest BCUT2D eigenvalue weighted by molar-refractivity contribution is 7.99. The lowest BCUT2D eigenvalue weighted by molar-refractivity contribution is 0.0776. The highest BCUT2D eigenvalue weighted by Gasteiger charge is 2.39. The largest absolute Gasteiger partial charge is 0.356 e. The van der Waals surface area contributed by atoms with Gasteiger partial charge in [0, 0.05) is 57.0 Å². The van der Waals surface area contributed by atoms with E-state index in [1.165, 1.54) is 16.6 Å². The molecule has 3 aliphatic heterocycles. The summed E-state index contributed by atoms with van der Waals surface area (Å²) in [5.41, 5.74) is 0.368. The quantitative estimate of drug-likeness (QED) is 0.785. The van der Waals surface area contributed by atoms with Crippen LogP contribution in [0.3, 0.4) is 0 Å². The van der Waals surface area contributed by atoms with Crippen molar-refractivity contribution in [2.75, 3.05) is 50.8 Å². The van der Waals surface area contributed by atoms with Gasteiger partial charge in [-0.3, -0.25) is 4.79 Å². The van der Waals surface area contributed by atoms with Crippen molar-refractivity contribution in [2.45, 2.75) is 4.90 Å². The SMILES string of the molecule is O=C(c1cc(S(=O)(=O)N2CCSCC2)c[nH]1)N1C[C@H]2CNC[C@H]2C1. The number of aromatic nitrogens is 1. The van der Waals surface area contributed by atoms with Crippen LogP contribution in [0.5, 0.6) is 0 Å². The van der Waals surface area contributed by atoms with Crippen molar-refractivity contribution < 1.29 is 13.2 Å². The summed E-state index contributed by atoms with van der Waals surface area (Å²) in [6.45, 7) is 4.49. The molecule has 0 aromatic carbocycles. The van der Waals surface area contributed by atoms with Crippen molar-refractivity contribution in [3.8, 4) is 0 Å². The van der Waals surface area contributed by atoms with E-state index in [0.29, 0.717) is 30.6 Å². The van der Waals surface area contributed by atoms with Gasteiger partial charge in [-0.25, -0.2) is 8.42 Å². The first-order chi connectivity index (χ1) is 11.6. The second-order valence-corrected chi connectivity index (χ2v) is 9.82. The van der Waals surface area contributed by atoms with Crippen LogP contribution < -0.4 is 5.32 Å². The third kappa shape index (κ3) is 2.87. The zero-order valence-electron chi connectivity index (χ0n) is 13.4. The lowest BCUT2D eigenvalue weighted by Crippen LogP contribution is -2.37. The first-order valence-electron chi connectivity index (χ1n) is 8.32. The highest BCUT2D eigenvalue weighted by Crippen LogP contribution is 2.28. The van der Waals surface area contributed by atoms with Crippen molar-refractivity contribution in [1.82, 2.24) is 19.5 Å². The Morgan fingerprint density at radius 1 is 1.17 bits per heavy atom. The Morgan fingerprint density at radius 3 is 2.50 bits per heavy atom. The first kappa shape index (κ1) is 16.4. The molecule has 0 aliphatic carbocycles. The number of nitrogens with zero attached hydrogens (tertiary/aromatic N) is 2. The molecule has 9 heteroatoms. The van der Waals surface area contributed by atoms with Crippen LogP contribution in [0.15, 0.2) is 17.2 Å². The minimum atomic E-state index is -3.51. The maximum absolute atomic E-state index is 12.7. The molecular weight excluding hydrogens is 348 g/mol. The van der Waals surface area contributed by atoms with E-state index < -0.39 is 10.0 Å². The van der Waals surface area contributed by atoms with Crippen LogP contribution in [-0.2, 0) is 10.0 Å². The number of likely N-dealkylation sites (tertiary alicyclic amines) is 1. The molecule has 3 fully saturated rings. The predicted molar refractivity (Wildman–Crippen MR) is 92.6 cm³/mol. The summed E-state index contributed by atoms with van der Waals surface area (Å²) < 4.78 is 26.8. The molecule has 2 N–H and O–H groups in total. The fourth-order valence-corrected chi connectivity index (χ4v) is 6.34. The molecule has 24 heavy (non-hydrogen) atoms. The molecule has 0 bridgehead atoms. The van der Waals surface area contributed by atoms with E-state index in [9.17, 15) is 13.2 Å². The monoisotopic (exact) mass is 370 g/mol. The minimum Gasteiger partial charge on any atom is -0.356 e. The number of thioether (sulfide) groups is 1. The molecule has 1 aromatic rings. The molecule has 2 atom stereocenters. The second kappa shape index (κ2) is 6.36. The van der Waals surface area contributed by atoms with Crippen LogP contribution in [0.25, 0.3) is 0 Å². The number of H-pyrrole nitrogens is 1. The van der Waals surface area contributed by atoms with Crippen LogP contribution >= 0.6 is 11.8 Å². The van der Waals surface area contributed by atoms with E-state index in [2.05, 4.69) is 10.3 Å². The average molecular weight is 371 g/mol. The maximum Gasteiger partial charge on any atom is 0.270 e. The molecule has 4 rings (SSSR count). The number of carbonyl (C=O) groups is 1. The number of aromatic amines is 1. The number of hydrogen-bond donors (Lipinski definition) is 2. The first-order valence-corrected chi connectivity index (χ1v) is 10.9. The molecule has 0 saturated carbocycles. The summed E-state index contributed by atoms with van der Waals surface area (Å²) >= 11 is 1.77. The number of amides is 1. The van der Waals surface area contributed by atoms with Gasteiger partial charge in [0.05, 0.1) is 0 Å². The Morgan fingerprint density at radius 2 is 1.83 bits per heavy atom. The standard InChI is InChI=1S/C15H22N4O3S2/c20-15(18-9-11-6-16-7-12(11)10-18)14-5-13(8-17-14)24(21,22)19-1-3-23-4-2-19/h5,8,11-12,16-17H,1-4,6-7,9-10H2/t11-,12+. The summed E-state index contributed by atoms with van der Waals surface area (Å²) in [6.07, 6.45) is 1.45. The lowest BCUT2D eigenvalue weighted by Gasteiger charge is -2.24. The van der Waals surface area contributed by atoms with Gasteiger partial charge >= 0.3 is 0 Å². The molecule has 1 amide bonds. The normalized spacial score (nSPS) is 28.2. The number of carbonyl (C=O) groups excluding carboxylic acids is 1. The van der Waals surface area contributed by atoms with Crippen molar-refractivity contribution in [3.05, 3.63) is 18.0 Å². The van der Waals surface area contributed by atoms with E-state index in [1.807, 2.05) is 4.90 Å². The zero-order valence-corrected chi connectivity index (χ0v) is 15.0. The van der Waals surface area contributed by atoms with Gasteiger partial charge in [0.15, 0.2) is 0 Å². The Balaban J connectivity index is 1.49. The molecule has 132 valence electrons. The molecule has 3 aliphatic rings. The topological polar surface area (TPSA) is 85.5 Å². The molecule has 4 heterocycles.